The standard InChI is InChI=1S/C14H13F6NO3/c15-13(16,17)10-7-21(6-9(10)12(22)23)5-8-3-1-2-4-11(8)24-14(18,19)20/h1-4,9-10H,5-7H2,(H,22,23)/t9-,10-/m1/s1. The zero-order valence-corrected chi connectivity index (χ0v) is 12.1. The van der Waals surface area contributed by atoms with E-state index >= 15 is 0 Å². The van der Waals surface area contributed by atoms with E-state index in [1.807, 2.05) is 0 Å². The molecule has 2 atom stereocenters. The maximum atomic E-state index is 12.9. The third kappa shape index (κ3) is 4.53. The lowest BCUT2D eigenvalue weighted by atomic mass is 9.96. The first-order chi connectivity index (χ1) is 11.0. The van der Waals surface area contributed by atoms with Gasteiger partial charge in [0.05, 0.1) is 11.8 Å². The van der Waals surface area contributed by atoms with Crippen molar-refractivity contribution in [3.63, 3.8) is 0 Å². The molecule has 0 aromatic heterocycles. The number of ether oxygens (including phenoxy) is 1. The summed E-state index contributed by atoms with van der Waals surface area (Å²) in [6.07, 6.45) is -9.63. The van der Waals surface area contributed by atoms with Crippen LogP contribution in [-0.2, 0) is 11.3 Å². The first kappa shape index (κ1) is 18.4. The van der Waals surface area contributed by atoms with Crippen molar-refractivity contribution >= 4 is 5.97 Å². The highest BCUT2D eigenvalue weighted by atomic mass is 19.4. The monoisotopic (exact) mass is 357 g/mol. The van der Waals surface area contributed by atoms with Crippen LogP contribution in [-0.4, -0.2) is 41.6 Å². The predicted octanol–water partition coefficient (Wildman–Crippen LogP) is 3.28. The van der Waals surface area contributed by atoms with Crippen molar-refractivity contribution in [1.29, 1.82) is 0 Å². The van der Waals surface area contributed by atoms with Gasteiger partial charge in [-0.1, -0.05) is 18.2 Å². The van der Waals surface area contributed by atoms with Gasteiger partial charge in [-0.2, -0.15) is 13.2 Å². The zero-order valence-electron chi connectivity index (χ0n) is 12.1. The molecule has 0 amide bonds. The molecule has 0 spiro atoms. The van der Waals surface area contributed by atoms with Gasteiger partial charge in [0.2, 0.25) is 0 Å². The molecule has 24 heavy (non-hydrogen) atoms. The van der Waals surface area contributed by atoms with Crippen LogP contribution >= 0.6 is 0 Å². The van der Waals surface area contributed by atoms with Gasteiger partial charge in [-0.05, 0) is 6.07 Å². The number of hydrogen-bond acceptors (Lipinski definition) is 3. The molecule has 0 radical (unpaired) electrons. The largest absolute Gasteiger partial charge is 0.573 e. The average Bonchev–Trinajstić information content (AvgIpc) is 2.83. The van der Waals surface area contributed by atoms with E-state index in [4.69, 9.17) is 5.11 Å². The molecule has 1 heterocycles. The molecule has 10 heteroatoms. The van der Waals surface area contributed by atoms with E-state index in [0.717, 1.165) is 11.0 Å². The van der Waals surface area contributed by atoms with E-state index < -0.39 is 49.2 Å². The minimum absolute atomic E-state index is 0.0294. The van der Waals surface area contributed by atoms with Gasteiger partial charge in [-0.3, -0.25) is 9.69 Å². The Morgan fingerprint density at radius 2 is 1.79 bits per heavy atom. The molecule has 0 unspecified atom stereocenters. The number of carboxylic acids is 1. The number of nitrogens with zero attached hydrogens (tertiary/aromatic N) is 1. The van der Waals surface area contributed by atoms with Crippen molar-refractivity contribution in [3.05, 3.63) is 29.8 Å². The molecule has 1 aliphatic rings. The number of carbonyl (C=O) groups is 1. The molecule has 0 saturated carbocycles. The van der Waals surface area contributed by atoms with Crippen molar-refractivity contribution in [2.75, 3.05) is 13.1 Å². The highest BCUT2D eigenvalue weighted by Gasteiger charge is 2.52. The lowest BCUT2D eigenvalue weighted by molar-refractivity contribution is -0.275. The van der Waals surface area contributed by atoms with Crippen molar-refractivity contribution in [2.45, 2.75) is 19.1 Å². The second kappa shape index (κ2) is 6.50. The Kier molecular flexibility index (Phi) is 4.97. The number of para-hydroxylation sites is 1. The summed E-state index contributed by atoms with van der Waals surface area (Å²) in [7, 11) is 0. The molecule has 134 valence electrons. The molecule has 2 rings (SSSR count). The van der Waals surface area contributed by atoms with Gasteiger partial charge in [-0.25, -0.2) is 0 Å². The molecule has 1 fully saturated rings. The Labute approximate surface area is 132 Å². The van der Waals surface area contributed by atoms with Gasteiger partial charge < -0.3 is 9.84 Å². The van der Waals surface area contributed by atoms with E-state index in [1.165, 1.54) is 18.2 Å². The molecule has 0 bridgehead atoms. The number of alkyl halides is 6. The molecular formula is C14H13F6NO3. The third-order valence-corrected chi connectivity index (χ3v) is 3.73. The fraction of sp³-hybridized carbons (Fsp3) is 0.500. The normalized spacial score (nSPS) is 22.6. The molecule has 1 saturated heterocycles. The van der Waals surface area contributed by atoms with E-state index in [1.54, 1.807) is 0 Å². The highest BCUT2D eigenvalue weighted by molar-refractivity contribution is 5.71. The topological polar surface area (TPSA) is 49.8 Å². The first-order valence-electron chi connectivity index (χ1n) is 6.83. The fourth-order valence-corrected chi connectivity index (χ4v) is 2.70. The number of aliphatic carboxylic acids is 1. The van der Waals surface area contributed by atoms with Gasteiger partial charge in [-0.15, -0.1) is 13.2 Å². The lowest BCUT2D eigenvalue weighted by Crippen LogP contribution is -2.33. The Morgan fingerprint density at radius 1 is 1.17 bits per heavy atom. The summed E-state index contributed by atoms with van der Waals surface area (Å²) in [6.45, 7) is -1.27. The Bertz CT molecular complexity index is 601. The van der Waals surface area contributed by atoms with Crippen molar-refractivity contribution < 1.29 is 41.0 Å². The summed E-state index contributed by atoms with van der Waals surface area (Å²) >= 11 is 0. The predicted molar refractivity (Wildman–Crippen MR) is 69.1 cm³/mol. The van der Waals surface area contributed by atoms with Gasteiger partial charge in [0.15, 0.2) is 0 Å². The summed E-state index contributed by atoms with van der Waals surface area (Å²) in [5, 5.41) is 8.94. The average molecular weight is 357 g/mol. The maximum absolute atomic E-state index is 12.9. The van der Waals surface area contributed by atoms with E-state index in [2.05, 4.69) is 4.74 Å². The van der Waals surface area contributed by atoms with Crippen LogP contribution in [0.25, 0.3) is 0 Å². The van der Waals surface area contributed by atoms with Crippen molar-refractivity contribution in [2.24, 2.45) is 11.8 Å². The maximum Gasteiger partial charge on any atom is 0.573 e. The van der Waals surface area contributed by atoms with Crippen LogP contribution < -0.4 is 4.74 Å². The summed E-state index contributed by atoms with van der Waals surface area (Å²) in [4.78, 5) is 12.2. The molecule has 4 nitrogen and oxygen atoms in total. The van der Waals surface area contributed by atoms with E-state index in [-0.39, 0.29) is 12.1 Å². The minimum Gasteiger partial charge on any atom is -0.481 e. The molecule has 1 aromatic carbocycles. The van der Waals surface area contributed by atoms with Crippen molar-refractivity contribution in [1.82, 2.24) is 4.90 Å². The van der Waals surface area contributed by atoms with Gasteiger partial charge >= 0.3 is 18.5 Å². The quantitative estimate of drug-likeness (QED) is 0.841. The number of carboxylic acid groups (broad SMARTS) is 1. The lowest BCUT2D eigenvalue weighted by Gasteiger charge is -2.19. The molecule has 0 aliphatic carbocycles. The van der Waals surface area contributed by atoms with E-state index in [0.29, 0.717) is 0 Å². The second-order valence-corrected chi connectivity index (χ2v) is 5.44. The number of hydrogen-bond donors (Lipinski definition) is 1. The summed E-state index contributed by atoms with van der Waals surface area (Å²) in [5.74, 6) is -5.82. The Morgan fingerprint density at radius 3 is 2.29 bits per heavy atom. The third-order valence-electron chi connectivity index (χ3n) is 3.73. The summed E-state index contributed by atoms with van der Waals surface area (Å²) in [5.41, 5.74) is 0.0294. The van der Waals surface area contributed by atoms with Crippen LogP contribution in [0.2, 0.25) is 0 Å². The number of likely N-dealkylation sites (tertiary alicyclic amines) is 1. The first-order valence-corrected chi connectivity index (χ1v) is 6.83. The van der Waals surface area contributed by atoms with Crippen LogP contribution in [0.15, 0.2) is 24.3 Å². The number of halogens is 6. The number of benzene rings is 1. The van der Waals surface area contributed by atoms with Crippen LogP contribution in [0.4, 0.5) is 26.3 Å². The molecule has 1 N–H and O–H groups in total. The SMILES string of the molecule is O=C(O)[C@@H]1CN(Cc2ccccc2OC(F)(F)F)C[C@H]1C(F)(F)F. The Balaban J connectivity index is 2.16. The van der Waals surface area contributed by atoms with Gasteiger partial charge in [0, 0.05) is 25.2 Å². The van der Waals surface area contributed by atoms with Crippen LogP contribution in [0.5, 0.6) is 5.75 Å². The fourth-order valence-electron chi connectivity index (χ4n) is 2.70. The molecule has 1 aliphatic heterocycles. The number of rotatable bonds is 4. The second-order valence-electron chi connectivity index (χ2n) is 5.44. The van der Waals surface area contributed by atoms with E-state index in [9.17, 15) is 31.1 Å². The minimum atomic E-state index is -4.93. The van der Waals surface area contributed by atoms with Crippen molar-refractivity contribution in [3.8, 4) is 5.75 Å². The highest BCUT2D eigenvalue weighted by Crippen LogP contribution is 2.39. The Hall–Kier alpha value is -1.97. The van der Waals surface area contributed by atoms with Gasteiger partial charge in [0.25, 0.3) is 0 Å². The van der Waals surface area contributed by atoms with Crippen LogP contribution in [0.1, 0.15) is 5.56 Å². The van der Waals surface area contributed by atoms with Crippen LogP contribution in [0.3, 0.4) is 0 Å². The zero-order chi connectivity index (χ0) is 18.1. The molecule has 1 aromatic rings. The van der Waals surface area contributed by atoms with Crippen LogP contribution in [0, 0.1) is 11.8 Å². The summed E-state index contributed by atoms with van der Waals surface area (Å²) < 4.78 is 79.7. The van der Waals surface area contributed by atoms with Gasteiger partial charge in [0.1, 0.15) is 5.75 Å². The summed E-state index contributed by atoms with van der Waals surface area (Å²) in [6, 6.07) is 5.06. The molecular weight excluding hydrogens is 344 g/mol. The smallest absolute Gasteiger partial charge is 0.481 e.